The third kappa shape index (κ3) is 5.90. The Morgan fingerprint density at radius 1 is 1.33 bits per heavy atom. The Kier molecular flexibility index (Phi) is 6.29. The molecule has 0 radical (unpaired) electrons. The van der Waals surface area contributed by atoms with Gasteiger partial charge in [0.05, 0.1) is 12.5 Å². The van der Waals surface area contributed by atoms with E-state index in [0.717, 1.165) is 0 Å². The largest absolute Gasteiger partial charge is 0.370 e. The monoisotopic (exact) mass is 299 g/mol. The van der Waals surface area contributed by atoms with Crippen LogP contribution >= 0.6 is 0 Å². The molecule has 0 bridgehead atoms. The van der Waals surface area contributed by atoms with Crippen molar-refractivity contribution >= 4 is 23.5 Å². The van der Waals surface area contributed by atoms with Gasteiger partial charge in [0.15, 0.2) is 5.78 Å². The quantitative estimate of drug-likeness (QED) is 0.505. The van der Waals surface area contributed by atoms with Gasteiger partial charge in [0, 0.05) is 12.8 Å². The van der Waals surface area contributed by atoms with Crippen molar-refractivity contribution in [2.75, 3.05) is 6.61 Å². The van der Waals surface area contributed by atoms with Crippen LogP contribution in [0.15, 0.2) is 0 Å². The highest BCUT2D eigenvalue weighted by Crippen LogP contribution is 2.15. The Balaban J connectivity index is 2.46. The molecular weight excluding hydrogens is 278 g/mol. The summed E-state index contributed by atoms with van der Waals surface area (Å²) in [5, 5.41) is 2.57. The molecule has 0 aliphatic carbocycles. The molecule has 1 aliphatic rings. The van der Waals surface area contributed by atoms with E-state index in [9.17, 15) is 19.2 Å². The molecule has 0 aromatic rings. The fraction of sp³-hybridized carbons (Fsp3) is 0.692. The smallest absolute Gasteiger partial charge is 0.220 e. The fourth-order valence-corrected chi connectivity index (χ4v) is 2.17. The first-order chi connectivity index (χ1) is 9.79. The summed E-state index contributed by atoms with van der Waals surface area (Å²) in [4.78, 5) is 45.1. The van der Waals surface area contributed by atoms with Gasteiger partial charge in [0.25, 0.3) is 0 Å². The minimum atomic E-state index is -0.839. The molecule has 5 N–H and O–H groups in total. The van der Waals surface area contributed by atoms with Gasteiger partial charge in [0.1, 0.15) is 12.6 Å². The van der Waals surface area contributed by atoms with E-state index >= 15 is 0 Å². The van der Waals surface area contributed by atoms with Crippen LogP contribution in [-0.2, 0) is 23.9 Å². The van der Waals surface area contributed by atoms with Crippen LogP contribution in [0.1, 0.15) is 32.6 Å². The zero-order chi connectivity index (χ0) is 16.0. The molecule has 118 valence electrons. The van der Waals surface area contributed by atoms with Gasteiger partial charge in [-0.2, -0.15) is 0 Å². The second kappa shape index (κ2) is 7.72. The molecule has 1 heterocycles. The molecule has 8 nitrogen and oxygen atoms in total. The third-order valence-corrected chi connectivity index (χ3v) is 3.29. The van der Waals surface area contributed by atoms with E-state index in [1.165, 1.54) is 0 Å². The van der Waals surface area contributed by atoms with Gasteiger partial charge in [0.2, 0.25) is 17.7 Å². The van der Waals surface area contributed by atoms with Crippen LogP contribution in [0.5, 0.6) is 0 Å². The Hall–Kier alpha value is -1.96. The van der Waals surface area contributed by atoms with E-state index in [1.807, 2.05) is 6.92 Å². The zero-order valence-corrected chi connectivity index (χ0v) is 12.0. The van der Waals surface area contributed by atoms with Gasteiger partial charge in [-0.3, -0.25) is 19.2 Å². The number of ether oxygens (including phenoxy) is 1. The van der Waals surface area contributed by atoms with Crippen molar-refractivity contribution in [3.63, 3.8) is 0 Å². The number of nitrogens with two attached hydrogens (primary N) is 2. The molecule has 3 amide bonds. The van der Waals surface area contributed by atoms with Gasteiger partial charge in [-0.15, -0.1) is 0 Å². The van der Waals surface area contributed by atoms with E-state index in [-0.39, 0.29) is 43.5 Å². The van der Waals surface area contributed by atoms with Gasteiger partial charge >= 0.3 is 0 Å². The van der Waals surface area contributed by atoms with Crippen molar-refractivity contribution < 1.29 is 23.9 Å². The Morgan fingerprint density at radius 3 is 2.57 bits per heavy atom. The summed E-state index contributed by atoms with van der Waals surface area (Å²) in [6.07, 6.45) is 0.0565. The van der Waals surface area contributed by atoms with E-state index < -0.39 is 24.0 Å². The number of Topliss-reactive ketones (excluding diaryl/α,β-unsaturated/α-hetero) is 1. The van der Waals surface area contributed by atoms with Crippen LogP contribution in [0.4, 0.5) is 0 Å². The van der Waals surface area contributed by atoms with Gasteiger partial charge in [-0.25, -0.2) is 0 Å². The highest BCUT2D eigenvalue weighted by Gasteiger charge is 2.37. The maximum Gasteiger partial charge on any atom is 0.220 e. The standard InChI is InChI=1S/C13H21N3O5/c1-7(2-3-10(14)18)4-12(20)16-13-8(17)6-21-9(13)5-11(15)19/h7,9,13H,2-6H2,1H3,(H2,14,18)(H2,15,19)(H,16,20). The van der Waals surface area contributed by atoms with Crippen molar-refractivity contribution in [1.82, 2.24) is 5.32 Å². The second-order valence-electron chi connectivity index (χ2n) is 5.35. The number of hydrogen-bond acceptors (Lipinski definition) is 5. The Labute approximate surface area is 122 Å². The molecule has 0 aromatic heterocycles. The molecule has 0 aromatic carbocycles. The lowest BCUT2D eigenvalue weighted by atomic mass is 10.00. The number of amides is 3. The predicted molar refractivity (Wildman–Crippen MR) is 72.7 cm³/mol. The third-order valence-electron chi connectivity index (χ3n) is 3.29. The molecule has 0 spiro atoms. The summed E-state index contributed by atoms with van der Waals surface area (Å²) in [5.74, 6) is -1.65. The molecule has 1 aliphatic heterocycles. The van der Waals surface area contributed by atoms with Crippen LogP contribution in [0, 0.1) is 5.92 Å². The van der Waals surface area contributed by atoms with Crippen LogP contribution < -0.4 is 16.8 Å². The molecule has 1 fully saturated rings. The lowest BCUT2D eigenvalue weighted by Crippen LogP contribution is -2.46. The number of nitrogens with one attached hydrogen (secondary N) is 1. The van der Waals surface area contributed by atoms with Crippen molar-refractivity contribution in [3.05, 3.63) is 0 Å². The number of hydrogen-bond donors (Lipinski definition) is 3. The predicted octanol–water partition coefficient (Wildman–Crippen LogP) is -1.39. The van der Waals surface area contributed by atoms with E-state index in [4.69, 9.17) is 16.2 Å². The van der Waals surface area contributed by atoms with E-state index in [0.29, 0.717) is 6.42 Å². The lowest BCUT2D eigenvalue weighted by molar-refractivity contribution is -0.127. The number of carbonyl (C=O) groups excluding carboxylic acids is 4. The summed E-state index contributed by atoms with van der Waals surface area (Å²) < 4.78 is 5.15. The molecule has 3 unspecified atom stereocenters. The first kappa shape index (κ1) is 17.1. The second-order valence-corrected chi connectivity index (χ2v) is 5.35. The Bertz CT molecular complexity index is 438. The molecule has 1 saturated heterocycles. The number of rotatable bonds is 8. The summed E-state index contributed by atoms with van der Waals surface area (Å²) >= 11 is 0. The summed E-state index contributed by atoms with van der Waals surface area (Å²) in [5.41, 5.74) is 10.1. The topological polar surface area (TPSA) is 142 Å². The number of ketones is 1. The maximum atomic E-state index is 11.9. The van der Waals surface area contributed by atoms with Crippen LogP contribution in [0.25, 0.3) is 0 Å². The Morgan fingerprint density at radius 2 is 2.00 bits per heavy atom. The maximum absolute atomic E-state index is 11.9. The summed E-state index contributed by atoms with van der Waals surface area (Å²) in [7, 11) is 0. The summed E-state index contributed by atoms with van der Waals surface area (Å²) in [6.45, 7) is 1.68. The van der Waals surface area contributed by atoms with Crippen LogP contribution in [-0.4, -0.2) is 42.3 Å². The van der Waals surface area contributed by atoms with Crippen molar-refractivity contribution in [2.45, 2.75) is 44.8 Å². The zero-order valence-electron chi connectivity index (χ0n) is 12.0. The number of primary amides is 2. The highest BCUT2D eigenvalue weighted by molar-refractivity contribution is 5.92. The molecular formula is C13H21N3O5. The summed E-state index contributed by atoms with van der Waals surface area (Å²) in [6, 6.07) is -0.839. The van der Waals surface area contributed by atoms with Crippen LogP contribution in [0.2, 0.25) is 0 Å². The first-order valence-corrected chi connectivity index (χ1v) is 6.80. The molecule has 1 rings (SSSR count). The number of carbonyl (C=O) groups is 4. The van der Waals surface area contributed by atoms with E-state index in [2.05, 4.69) is 5.32 Å². The van der Waals surface area contributed by atoms with Crippen LogP contribution in [0.3, 0.4) is 0 Å². The van der Waals surface area contributed by atoms with Gasteiger partial charge in [-0.05, 0) is 12.3 Å². The average Bonchev–Trinajstić information content (AvgIpc) is 2.68. The molecule has 0 saturated carbocycles. The van der Waals surface area contributed by atoms with Crippen molar-refractivity contribution in [1.29, 1.82) is 0 Å². The highest BCUT2D eigenvalue weighted by atomic mass is 16.5. The average molecular weight is 299 g/mol. The SMILES string of the molecule is CC(CCC(N)=O)CC(=O)NC1C(=O)COC1CC(N)=O. The molecule has 3 atom stereocenters. The van der Waals surface area contributed by atoms with Gasteiger partial charge < -0.3 is 21.5 Å². The van der Waals surface area contributed by atoms with Gasteiger partial charge in [-0.1, -0.05) is 6.92 Å². The van der Waals surface area contributed by atoms with Crippen molar-refractivity contribution in [3.8, 4) is 0 Å². The first-order valence-electron chi connectivity index (χ1n) is 6.80. The normalized spacial score (nSPS) is 22.8. The van der Waals surface area contributed by atoms with Crippen molar-refractivity contribution in [2.24, 2.45) is 17.4 Å². The molecule has 8 heteroatoms. The lowest BCUT2D eigenvalue weighted by Gasteiger charge is -2.18. The fourth-order valence-electron chi connectivity index (χ4n) is 2.17. The minimum absolute atomic E-state index is 0.0375. The van der Waals surface area contributed by atoms with E-state index in [1.54, 1.807) is 0 Å². The molecule has 21 heavy (non-hydrogen) atoms. The minimum Gasteiger partial charge on any atom is -0.370 e.